The fourth-order valence-corrected chi connectivity index (χ4v) is 3.34. The molecule has 0 N–H and O–H groups in total. The minimum Gasteiger partial charge on any atom is -0.456 e. The highest BCUT2D eigenvalue weighted by Gasteiger charge is 2.31. The Balaban J connectivity index is 1.79. The summed E-state index contributed by atoms with van der Waals surface area (Å²) < 4.78 is 53.2. The molecule has 0 radical (unpaired) electrons. The zero-order chi connectivity index (χ0) is 18.1. The molecule has 6 heteroatoms. The Kier molecular flexibility index (Phi) is 2.88. The maximum atomic E-state index is 12.5. The number of alkyl halides is 3. The van der Waals surface area contributed by atoms with Crippen LogP contribution in [0, 0.1) is 6.92 Å². The van der Waals surface area contributed by atoms with Crippen LogP contribution < -0.4 is 4.74 Å². The third-order valence-electron chi connectivity index (χ3n) is 4.42. The average molecular weight is 356 g/mol. The van der Waals surface area contributed by atoms with E-state index < -0.39 is 6.36 Å². The van der Waals surface area contributed by atoms with Crippen molar-refractivity contribution in [3.63, 3.8) is 0 Å². The standard InChI is InChI=1S/C20H11F3O3/c1-10-2-4-16-12(6-10)14-8-19-15(9-18(14)24-16)13-7-11(26-20(21,22)23)3-5-17(13)25-19/h2-9H,1H3. The van der Waals surface area contributed by atoms with E-state index in [0.29, 0.717) is 27.5 Å². The number of rotatable bonds is 1. The molecule has 0 spiro atoms. The highest BCUT2D eigenvalue weighted by molar-refractivity contribution is 6.14. The van der Waals surface area contributed by atoms with Gasteiger partial charge in [0.25, 0.3) is 0 Å². The van der Waals surface area contributed by atoms with Crippen molar-refractivity contribution in [2.75, 3.05) is 0 Å². The van der Waals surface area contributed by atoms with Gasteiger partial charge in [0, 0.05) is 21.5 Å². The molecule has 26 heavy (non-hydrogen) atoms. The molecule has 0 aliphatic heterocycles. The van der Waals surface area contributed by atoms with E-state index in [4.69, 9.17) is 8.83 Å². The van der Waals surface area contributed by atoms with E-state index in [2.05, 4.69) is 4.74 Å². The molecule has 3 aromatic carbocycles. The van der Waals surface area contributed by atoms with Gasteiger partial charge in [-0.15, -0.1) is 13.2 Å². The van der Waals surface area contributed by atoms with E-state index in [-0.39, 0.29) is 5.75 Å². The summed E-state index contributed by atoms with van der Waals surface area (Å²) in [6.07, 6.45) is -4.74. The van der Waals surface area contributed by atoms with E-state index in [0.717, 1.165) is 21.9 Å². The highest BCUT2D eigenvalue weighted by Crippen LogP contribution is 2.38. The molecular weight excluding hydrogens is 345 g/mol. The number of ether oxygens (including phenoxy) is 1. The Morgan fingerprint density at radius 2 is 1.23 bits per heavy atom. The van der Waals surface area contributed by atoms with Gasteiger partial charge in [0.05, 0.1) is 0 Å². The minimum absolute atomic E-state index is 0.284. The summed E-state index contributed by atoms with van der Waals surface area (Å²) in [6, 6.07) is 13.6. The minimum atomic E-state index is -4.74. The van der Waals surface area contributed by atoms with E-state index in [1.165, 1.54) is 18.2 Å². The fraction of sp³-hybridized carbons (Fsp3) is 0.100. The number of fused-ring (bicyclic) bond motifs is 6. The van der Waals surface area contributed by atoms with Gasteiger partial charge in [0.15, 0.2) is 0 Å². The molecule has 2 heterocycles. The molecular formula is C20H11F3O3. The zero-order valence-corrected chi connectivity index (χ0v) is 13.5. The first-order chi connectivity index (χ1) is 12.4. The molecule has 3 nitrogen and oxygen atoms in total. The Hall–Kier alpha value is -3.15. The zero-order valence-electron chi connectivity index (χ0n) is 13.5. The van der Waals surface area contributed by atoms with Gasteiger partial charge in [-0.05, 0) is 49.4 Å². The Labute approximate surface area is 144 Å². The lowest BCUT2D eigenvalue weighted by Crippen LogP contribution is -2.16. The second-order valence-electron chi connectivity index (χ2n) is 6.25. The SMILES string of the molecule is Cc1ccc2oc3cc4c(cc3c2c1)oc1ccc(OC(F)(F)F)cc14. The van der Waals surface area contributed by atoms with Crippen LogP contribution in [-0.4, -0.2) is 6.36 Å². The van der Waals surface area contributed by atoms with Crippen LogP contribution in [0.2, 0.25) is 0 Å². The van der Waals surface area contributed by atoms with Crippen molar-refractivity contribution in [3.05, 3.63) is 54.1 Å². The van der Waals surface area contributed by atoms with Crippen LogP contribution in [0.3, 0.4) is 0 Å². The van der Waals surface area contributed by atoms with Crippen molar-refractivity contribution in [1.29, 1.82) is 0 Å². The molecule has 0 fully saturated rings. The van der Waals surface area contributed by atoms with Crippen LogP contribution >= 0.6 is 0 Å². The second kappa shape index (κ2) is 4.94. The Morgan fingerprint density at radius 3 is 1.85 bits per heavy atom. The highest BCUT2D eigenvalue weighted by atomic mass is 19.4. The predicted molar refractivity (Wildman–Crippen MR) is 92.4 cm³/mol. The van der Waals surface area contributed by atoms with Gasteiger partial charge in [0.1, 0.15) is 28.1 Å². The first-order valence-corrected chi connectivity index (χ1v) is 7.92. The predicted octanol–water partition coefficient (Wildman–Crippen LogP) is 6.69. The van der Waals surface area contributed by atoms with E-state index in [1.54, 1.807) is 6.07 Å². The summed E-state index contributed by atoms with van der Waals surface area (Å²) >= 11 is 0. The summed E-state index contributed by atoms with van der Waals surface area (Å²) in [4.78, 5) is 0. The molecule has 0 saturated heterocycles. The summed E-state index contributed by atoms with van der Waals surface area (Å²) in [5.41, 5.74) is 3.59. The van der Waals surface area contributed by atoms with Crippen LogP contribution in [0.1, 0.15) is 5.56 Å². The molecule has 0 bridgehead atoms. The van der Waals surface area contributed by atoms with E-state index in [1.807, 2.05) is 31.2 Å². The van der Waals surface area contributed by atoms with Gasteiger partial charge < -0.3 is 13.6 Å². The summed E-state index contributed by atoms with van der Waals surface area (Å²) in [5.74, 6) is -0.284. The van der Waals surface area contributed by atoms with Crippen molar-refractivity contribution in [2.45, 2.75) is 13.3 Å². The van der Waals surface area contributed by atoms with Crippen LogP contribution in [-0.2, 0) is 0 Å². The average Bonchev–Trinajstić information content (AvgIpc) is 3.08. The van der Waals surface area contributed by atoms with E-state index >= 15 is 0 Å². The molecule has 0 aliphatic rings. The van der Waals surface area contributed by atoms with Crippen molar-refractivity contribution >= 4 is 43.9 Å². The van der Waals surface area contributed by atoms with Gasteiger partial charge in [-0.25, -0.2) is 0 Å². The van der Waals surface area contributed by atoms with Crippen LogP contribution in [0.25, 0.3) is 43.9 Å². The number of furan rings is 2. The lowest BCUT2D eigenvalue weighted by Gasteiger charge is -2.08. The largest absolute Gasteiger partial charge is 0.573 e. The molecule has 0 aliphatic carbocycles. The fourth-order valence-electron chi connectivity index (χ4n) is 3.34. The van der Waals surface area contributed by atoms with E-state index in [9.17, 15) is 13.2 Å². The lowest BCUT2D eigenvalue weighted by molar-refractivity contribution is -0.274. The third-order valence-corrected chi connectivity index (χ3v) is 4.42. The Morgan fingerprint density at radius 1 is 0.692 bits per heavy atom. The molecule has 0 unspecified atom stereocenters. The van der Waals surface area contributed by atoms with Crippen LogP contribution in [0.15, 0.2) is 57.4 Å². The first kappa shape index (κ1) is 15.1. The number of hydrogen-bond donors (Lipinski definition) is 0. The van der Waals surface area contributed by atoms with Crippen molar-refractivity contribution in [1.82, 2.24) is 0 Å². The van der Waals surface area contributed by atoms with Crippen molar-refractivity contribution in [3.8, 4) is 5.75 Å². The molecule has 0 amide bonds. The molecule has 5 aromatic rings. The number of benzene rings is 3. The number of aryl methyl sites for hydroxylation is 1. The molecule has 130 valence electrons. The smallest absolute Gasteiger partial charge is 0.456 e. The molecule has 2 aromatic heterocycles. The summed E-state index contributed by atoms with van der Waals surface area (Å²) in [5, 5.41) is 3.10. The normalized spacial score (nSPS) is 12.6. The monoisotopic (exact) mass is 356 g/mol. The van der Waals surface area contributed by atoms with Crippen molar-refractivity contribution < 1.29 is 26.7 Å². The third kappa shape index (κ3) is 2.29. The van der Waals surface area contributed by atoms with Gasteiger partial charge in [-0.2, -0.15) is 0 Å². The van der Waals surface area contributed by atoms with Gasteiger partial charge in [0.2, 0.25) is 0 Å². The lowest BCUT2D eigenvalue weighted by atomic mass is 10.1. The second-order valence-corrected chi connectivity index (χ2v) is 6.25. The molecule has 0 atom stereocenters. The topological polar surface area (TPSA) is 35.5 Å². The van der Waals surface area contributed by atoms with Gasteiger partial charge in [-0.1, -0.05) is 11.6 Å². The molecule has 5 rings (SSSR count). The van der Waals surface area contributed by atoms with Gasteiger partial charge in [-0.3, -0.25) is 0 Å². The maximum Gasteiger partial charge on any atom is 0.573 e. The number of hydrogen-bond acceptors (Lipinski definition) is 3. The molecule has 0 saturated carbocycles. The van der Waals surface area contributed by atoms with Crippen molar-refractivity contribution in [2.24, 2.45) is 0 Å². The number of halogens is 3. The van der Waals surface area contributed by atoms with Crippen LogP contribution in [0.4, 0.5) is 13.2 Å². The Bertz CT molecular complexity index is 1310. The summed E-state index contributed by atoms with van der Waals surface area (Å²) in [7, 11) is 0. The first-order valence-electron chi connectivity index (χ1n) is 7.92. The quantitative estimate of drug-likeness (QED) is 0.335. The van der Waals surface area contributed by atoms with Gasteiger partial charge >= 0.3 is 6.36 Å². The maximum absolute atomic E-state index is 12.5. The summed E-state index contributed by atoms with van der Waals surface area (Å²) in [6.45, 7) is 2.00. The van der Waals surface area contributed by atoms with Crippen LogP contribution in [0.5, 0.6) is 5.75 Å².